The molecule has 134 valence electrons. The van der Waals surface area contributed by atoms with Gasteiger partial charge in [0.05, 0.1) is 23.8 Å². The van der Waals surface area contributed by atoms with Crippen molar-refractivity contribution in [2.45, 2.75) is 53.5 Å². The molecule has 2 aromatic carbocycles. The van der Waals surface area contributed by atoms with Crippen LogP contribution in [0.2, 0.25) is 0 Å². The van der Waals surface area contributed by atoms with E-state index in [0.717, 1.165) is 36.3 Å². The number of hydrogen-bond acceptors (Lipinski definition) is 2. The summed E-state index contributed by atoms with van der Waals surface area (Å²) >= 11 is 0. The number of carbonyl (C=O) groups is 1. The Morgan fingerprint density at radius 3 is 2.62 bits per heavy atom. The quantitative estimate of drug-likeness (QED) is 0.722. The predicted molar refractivity (Wildman–Crippen MR) is 107 cm³/mol. The lowest BCUT2D eigenvalue weighted by atomic mass is 10.0. The Morgan fingerprint density at radius 1 is 1.04 bits per heavy atom. The second-order valence-electron chi connectivity index (χ2n) is 7.83. The Hall–Kier alpha value is -2.42. The first kappa shape index (κ1) is 17.0. The zero-order valence-electron chi connectivity index (χ0n) is 16.1. The average molecular weight is 346 g/mol. The third-order valence-electron chi connectivity index (χ3n) is 5.87. The van der Waals surface area contributed by atoms with Crippen LogP contribution in [0.1, 0.15) is 47.1 Å². The maximum atomic E-state index is 13.4. The number of rotatable bonds is 2. The van der Waals surface area contributed by atoms with Crippen LogP contribution in [-0.2, 0) is 11.3 Å². The fourth-order valence-corrected chi connectivity index (χ4v) is 4.09. The second kappa shape index (κ2) is 6.39. The van der Waals surface area contributed by atoms with Crippen molar-refractivity contribution >= 4 is 23.0 Å². The summed E-state index contributed by atoms with van der Waals surface area (Å²) in [6.07, 6.45) is 2.93. The van der Waals surface area contributed by atoms with Gasteiger partial charge in [0, 0.05) is 5.71 Å². The van der Waals surface area contributed by atoms with Crippen LogP contribution in [0.15, 0.2) is 35.3 Å². The van der Waals surface area contributed by atoms with E-state index in [1.807, 2.05) is 4.90 Å². The zero-order chi connectivity index (χ0) is 18.4. The second-order valence-corrected chi connectivity index (χ2v) is 7.83. The highest BCUT2D eigenvalue weighted by Crippen LogP contribution is 2.40. The van der Waals surface area contributed by atoms with Crippen molar-refractivity contribution in [3.05, 3.63) is 58.1 Å². The van der Waals surface area contributed by atoms with Gasteiger partial charge in [0.25, 0.3) is 0 Å². The van der Waals surface area contributed by atoms with Crippen molar-refractivity contribution in [3.8, 4) is 0 Å². The molecule has 1 aliphatic heterocycles. The van der Waals surface area contributed by atoms with E-state index in [1.165, 1.54) is 27.8 Å². The first-order valence-electron chi connectivity index (χ1n) is 9.50. The third-order valence-corrected chi connectivity index (χ3v) is 5.87. The first-order valence-corrected chi connectivity index (χ1v) is 9.50. The molecular formula is C23H26N2O. The topological polar surface area (TPSA) is 32.7 Å². The molecule has 1 atom stereocenters. The Morgan fingerprint density at radius 2 is 1.81 bits per heavy atom. The van der Waals surface area contributed by atoms with E-state index in [-0.39, 0.29) is 11.8 Å². The molecule has 0 spiro atoms. The van der Waals surface area contributed by atoms with E-state index < -0.39 is 0 Å². The van der Waals surface area contributed by atoms with Crippen LogP contribution >= 0.6 is 0 Å². The molecule has 1 fully saturated rings. The van der Waals surface area contributed by atoms with Crippen LogP contribution < -0.4 is 4.90 Å². The van der Waals surface area contributed by atoms with E-state index in [4.69, 9.17) is 4.99 Å². The highest BCUT2D eigenvalue weighted by Gasteiger charge is 2.36. The average Bonchev–Trinajstić information content (AvgIpc) is 3.03. The van der Waals surface area contributed by atoms with Gasteiger partial charge in [-0.15, -0.1) is 0 Å². The summed E-state index contributed by atoms with van der Waals surface area (Å²) in [5, 5.41) is 0. The lowest BCUT2D eigenvalue weighted by Gasteiger charge is -2.26. The van der Waals surface area contributed by atoms with Gasteiger partial charge in [0.2, 0.25) is 5.91 Å². The van der Waals surface area contributed by atoms with Crippen LogP contribution in [0, 0.1) is 33.6 Å². The number of anilines is 1. The molecule has 2 aliphatic rings. The monoisotopic (exact) mass is 346 g/mol. The molecule has 0 radical (unpaired) electrons. The van der Waals surface area contributed by atoms with Gasteiger partial charge < -0.3 is 4.90 Å². The Labute approximate surface area is 155 Å². The Balaban J connectivity index is 1.84. The van der Waals surface area contributed by atoms with Crippen molar-refractivity contribution in [1.82, 2.24) is 0 Å². The number of aryl methyl sites for hydroxylation is 4. The minimum absolute atomic E-state index is 0.0480. The fraction of sp³-hybridized carbons (Fsp3) is 0.391. The fourth-order valence-electron chi connectivity index (χ4n) is 4.09. The molecule has 1 aliphatic carbocycles. The van der Waals surface area contributed by atoms with Gasteiger partial charge in [-0.2, -0.15) is 0 Å². The zero-order valence-corrected chi connectivity index (χ0v) is 16.1. The molecule has 2 aromatic rings. The maximum Gasteiger partial charge on any atom is 0.236 e. The number of amides is 1. The van der Waals surface area contributed by atoms with Crippen molar-refractivity contribution in [3.63, 3.8) is 0 Å². The molecule has 1 heterocycles. The smallest absolute Gasteiger partial charge is 0.236 e. The predicted octanol–water partition coefficient (Wildman–Crippen LogP) is 5.34. The lowest BCUT2D eigenvalue weighted by molar-refractivity contribution is -0.120. The van der Waals surface area contributed by atoms with Crippen LogP contribution in [0.4, 0.5) is 11.4 Å². The largest absolute Gasteiger partial charge is 0.305 e. The lowest BCUT2D eigenvalue weighted by Crippen LogP contribution is -2.36. The molecule has 0 saturated heterocycles. The van der Waals surface area contributed by atoms with Crippen molar-refractivity contribution in [1.29, 1.82) is 0 Å². The summed E-state index contributed by atoms with van der Waals surface area (Å²) in [4.78, 5) is 20.4. The minimum atomic E-state index is -0.0480. The summed E-state index contributed by atoms with van der Waals surface area (Å²) in [5.74, 6) is 0.164. The molecule has 26 heavy (non-hydrogen) atoms. The molecule has 3 heteroatoms. The minimum Gasteiger partial charge on any atom is -0.305 e. The Kier molecular flexibility index (Phi) is 4.18. The SMILES string of the molecule is Cc1ccc(C)c(CN2C(=O)C3CCCC3=Nc3cc(C)c(C)cc32)c1. The molecule has 1 saturated carbocycles. The number of carbonyl (C=O) groups excluding carboxylic acids is 1. The van der Waals surface area contributed by atoms with Crippen LogP contribution in [0.3, 0.4) is 0 Å². The number of hydrogen-bond donors (Lipinski definition) is 0. The standard InChI is InChI=1S/C23H26N2O/c1-14-8-9-15(2)18(10-14)13-25-22-12-17(4)16(3)11-21(22)24-20-7-5-6-19(20)23(25)26/h8-12,19H,5-7,13H2,1-4H3. The van der Waals surface area contributed by atoms with Gasteiger partial charge in [-0.25, -0.2) is 0 Å². The van der Waals surface area contributed by atoms with Crippen LogP contribution in [-0.4, -0.2) is 11.6 Å². The van der Waals surface area contributed by atoms with Gasteiger partial charge in [-0.05, 0) is 81.3 Å². The molecule has 0 aromatic heterocycles. The maximum absolute atomic E-state index is 13.4. The van der Waals surface area contributed by atoms with Gasteiger partial charge >= 0.3 is 0 Å². The van der Waals surface area contributed by atoms with E-state index in [1.54, 1.807) is 0 Å². The molecule has 4 rings (SSSR count). The number of nitrogens with zero attached hydrogens (tertiary/aromatic N) is 2. The van der Waals surface area contributed by atoms with Crippen molar-refractivity contribution in [2.75, 3.05) is 4.90 Å². The first-order chi connectivity index (χ1) is 12.4. The summed E-state index contributed by atoms with van der Waals surface area (Å²) in [6.45, 7) is 9.06. The van der Waals surface area contributed by atoms with Gasteiger partial charge in [-0.3, -0.25) is 9.79 Å². The highest BCUT2D eigenvalue weighted by molar-refractivity contribution is 6.15. The molecule has 0 bridgehead atoms. The van der Waals surface area contributed by atoms with Crippen LogP contribution in [0.25, 0.3) is 0 Å². The third kappa shape index (κ3) is 2.86. The molecule has 1 amide bonds. The molecule has 1 unspecified atom stereocenters. The summed E-state index contributed by atoms with van der Waals surface area (Å²) in [6, 6.07) is 10.7. The van der Waals surface area contributed by atoms with E-state index in [9.17, 15) is 4.79 Å². The highest BCUT2D eigenvalue weighted by atomic mass is 16.2. The van der Waals surface area contributed by atoms with Gasteiger partial charge in [0.1, 0.15) is 0 Å². The van der Waals surface area contributed by atoms with Crippen molar-refractivity contribution in [2.24, 2.45) is 10.9 Å². The molecule has 0 N–H and O–H groups in total. The Bertz CT molecular complexity index is 926. The van der Waals surface area contributed by atoms with E-state index in [0.29, 0.717) is 6.54 Å². The number of aliphatic imine (C=N–C) groups is 1. The number of benzene rings is 2. The number of fused-ring (bicyclic) bond motifs is 2. The van der Waals surface area contributed by atoms with E-state index >= 15 is 0 Å². The summed E-state index contributed by atoms with van der Waals surface area (Å²) in [7, 11) is 0. The summed E-state index contributed by atoms with van der Waals surface area (Å²) < 4.78 is 0. The normalized spacial score (nSPS) is 19.1. The van der Waals surface area contributed by atoms with E-state index in [2.05, 4.69) is 58.0 Å². The summed E-state index contributed by atoms with van der Waals surface area (Å²) in [5.41, 5.74) is 9.08. The molecule has 3 nitrogen and oxygen atoms in total. The van der Waals surface area contributed by atoms with Gasteiger partial charge in [-0.1, -0.05) is 23.8 Å². The van der Waals surface area contributed by atoms with Crippen molar-refractivity contribution < 1.29 is 4.79 Å². The van der Waals surface area contributed by atoms with Crippen LogP contribution in [0.5, 0.6) is 0 Å². The molecular weight excluding hydrogens is 320 g/mol. The van der Waals surface area contributed by atoms with Gasteiger partial charge in [0.15, 0.2) is 0 Å².